The number of aromatic nitrogens is 3. The maximum atomic E-state index is 5.22. The molecule has 64 valence electrons. The largest absolute Gasteiger partial charge is 0.378 e. The van der Waals surface area contributed by atoms with Crippen LogP contribution in [0.1, 0.15) is 0 Å². The molecule has 0 atom stereocenters. The Morgan fingerprint density at radius 3 is 2.75 bits per heavy atom. The Morgan fingerprint density at radius 2 is 2.08 bits per heavy atom. The molecule has 1 saturated heterocycles. The zero-order chi connectivity index (χ0) is 8.23. The van der Waals surface area contributed by atoms with Gasteiger partial charge in [-0.3, -0.25) is 0 Å². The molecule has 0 N–H and O–H groups in total. The highest BCUT2D eigenvalue weighted by molar-refractivity contribution is 5.34. The van der Waals surface area contributed by atoms with Crippen LogP contribution in [0.25, 0.3) is 0 Å². The van der Waals surface area contributed by atoms with Crippen LogP contribution in [-0.4, -0.2) is 41.5 Å². The lowest BCUT2D eigenvalue weighted by molar-refractivity contribution is 0.122. The van der Waals surface area contributed by atoms with Gasteiger partial charge in [-0.05, 0) is 0 Å². The van der Waals surface area contributed by atoms with E-state index in [4.69, 9.17) is 4.74 Å². The van der Waals surface area contributed by atoms with Crippen molar-refractivity contribution < 1.29 is 4.74 Å². The second-order valence-corrected chi connectivity index (χ2v) is 2.56. The Bertz CT molecular complexity index is 234. The summed E-state index contributed by atoms with van der Waals surface area (Å²) >= 11 is 0. The first kappa shape index (κ1) is 7.42. The van der Waals surface area contributed by atoms with Crippen molar-refractivity contribution in [1.82, 2.24) is 15.2 Å². The van der Waals surface area contributed by atoms with Crippen LogP contribution in [0.3, 0.4) is 0 Å². The van der Waals surface area contributed by atoms with Gasteiger partial charge in [-0.2, -0.15) is 5.10 Å². The van der Waals surface area contributed by atoms with Gasteiger partial charge in [-0.15, -0.1) is 5.10 Å². The van der Waals surface area contributed by atoms with E-state index in [1.165, 1.54) is 6.33 Å². The van der Waals surface area contributed by atoms with Crippen molar-refractivity contribution in [2.24, 2.45) is 0 Å². The predicted molar refractivity (Wildman–Crippen MR) is 42.9 cm³/mol. The SMILES string of the molecule is c1nncc(N2CCOCC2)n1. The number of rotatable bonds is 1. The maximum absolute atomic E-state index is 5.22. The van der Waals surface area contributed by atoms with E-state index in [0.717, 1.165) is 32.1 Å². The van der Waals surface area contributed by atoms with Gasteiger partial charge in [0.2, 0.25) is 0 Å². The van der Waals surface area contributed by atoms with Crippen LogP contribution in [-0.2, 0) is 4.74 Å². The van der Waals surface area contributed by atoms with Gasteiger partial charge >= 0.3 is 0 Å². The fourth-order valence-electron chi connectivity index (χ4n) is 1.19. The summed E-state index contributed by atoms with van der Waals surface area (Å²) in [5.74, 6) is 0.883. The molecule has 0 bridgehead atoms. The van der Waals surface area contributed by atoms with Crippen molar-refractivity contribution in [2.75, 3.05) is 31.2 Å². The van der Waals surface area contributed by atoms with E-state index < -0.39 is 0 Å². The lowest BCUT2D eigenvalue weighted by Crippen LogP contribution is -2.36. The van der Waals surface area contributed by atoms with Crippen molar-refractivity contribution in [3.8, 4) is 0 Å². The lowest BCUT2D eigenvalue weighted by atomic mass is 10.4. The zero-order valence-electron chi connectivity index (χ0n) is 6.68. The number of nitrogens with zero attached hydrogens (tertiary/aromatic N) is 4. The molecular weight excluding hydrogens is 156 g/mol. The van der Waals surface area contributed by atoms with Crippen molar-refractivity contribution in [3.63, 3.8) is 0 Å². The Labute approximate surface area is 70.4 Å². The molecule has 0 unspecified atom stereocenters. The summed E-state index contributed by atoms with van der Waals surface area (Å²) in [6.07, 6.45) is 3.14. The van der Waals surface area contributed by atoms with Crippen LogP contribution in [0, 0.1) is 0 Å². The average molecular weight is 166 g/mol. The molecule has 1 fully saturated rings. The van der Waals surface area contributed by atoms with Crippen LogP contribution >= 0.6 is 0 Å². The maximum Gasteiger partial charge on any atom is 0.151 e. The van der Waals surface area contributed by atoms with E-state index in [0.29, 0.717) is 0 Å². The van der Waals surface area contributed by atoms with Gasteiger partial charge in [0.05, 0.1) is 19.4 Å². The summed E-state index contributed by atoms with van der Waals surface area (Å²) in [7, 11) is 0. The standard InChI is InChI=1S/C7H10N4O/c1-3-12-4-2-11(1)7-5-9-10-6-8-7/h5-6H,1-4H2. The summed E-state index contributed by atoms with van der Waals surface area (Å²) in [6, 6.07) is 0. The van der Waals surface area contributed by atoms with Crippen molar-refractivity contribution in [1.29, 1.82) is 0 Å². The van der Waals surface area contributed by atoms with Gasteiger partial charge in [0.25, 0.3) is 0 Å². The molecular formula is C7H10N4O. The number of hydrogen-bond donors (Lipinski definition) is 0. The van der Waals surface area contributed by atoms with E-state index in [2.05, 4.69) is 20.1 Å². The molecule has 5 nitrogen and oxygen atoms in total. The number of anilines is 1. The fourth-order valence-corrected chi connectivity index (χ4v) is 1.19. The Balaban J connectivity index is 2.08. The highest BCUT2D eigenvalue weighted by atomic mass is 16.5. The third kappa shape index (κ3) is 1.50. The predicted octanol–water partition coefficient (Wildman–Crippen LogP) is -0.292. The van der Waals surface area contributed by atoms with Crippen molar-refractivity contribution in [3.05, 3.63) is 12.5 Å². The molecule has 1 aromatic heterocycles. The highest BCUT2D eigenvalue weighted by Gasteiger charge is 2.11. The highest BCUT2D eigenvalue weighted by Crippen LogP contribution is 2.08. The molecule has 12 heavy (non-hydrogen) atoms. The smallest absolute Gasteiger partial charge is 0.151 e. The first-order chi connectivity index (χ1) is 5.97. The molecule has 0 amide bonds. The minimum atomic E-state index is 0.768. The monoisotopic (exact) mass is 166 g/mol. The average Bonchev–Trinajstić information content (AvgIpc) is 2.21. The number of morpholine rings is 1. The van der Waals surface area contributed by atoms with Crippen LogP contribution in [0.2, 0.25) is 0 Å². The summed E-state index contributed by atoms with van der Waals surface area (Å²) in [5.41, 5.74) is 0. The van der Waals surface area contributed by atoms with Gasteiger partial charge in [-0.25, -0.2) is 4.98 Å². The van der Waals surface area contributed by atoms with Gasteiger partial charge < -0.3 is 9.64 Å². The van der Waals surface area contributed by atoms with Crippen LogP contribution < -0.4 is 4.90 Å². The first-order valence-electron chi connectivity index (χ1n) is 3.92. The van der Waals surface area contributed by atoms with Gasteiger partial charge in [0.1, 0.15) is 6.33 Å². The second-order valence-electron chi connectivity index (χ2n) is 2.56. The van der Waals surface area contributed by atoms with E-state index in [1.807, 2.05) is 0 Å². The summed E-state index contributed by atoms with van der Waals surface area (Å²) in [4.78, 5) is 6.24. The molecule has 0 spiro atoms. The minimum Gasteiger partial charge on any atom is -0.378 e. The third-order valence-corrected chi connectivity index (χ3v) is 1.82. The molecule has 1 aromatic rings. The summed E-state index contributed by atoms with van der Waals surface area (Å²) in [6.45, 7) is 3.31. The zero-order valence-corrected chi connectivity index (χ0v) is 6.68. The van der Waals surface area contributed by atoms with Crippen LogP contribution in [0.15, 0.2) is 12.5 Å². The van der Waals surface area contributed by atoms with E-state index in [1.54, 1.807) is 6.20 Å². The quantitative estimate of drug-likeness (QED) is 0.573. The molecule has 0 aromatic carbocycles. The van der Waals surface area contributed by atoms with E-state index in [9.17, 15) is 0 Å². The normalized spacial score (nSPS) is 17.8. The molecule has 1 aliphatic rings. The van der Waals surface area contributed by atoms with Crippen LogP contribution in [0.4, 0.5) is 5.82 Å². The van der Waals surface area contributed by atoms with Crippen LogP contribution in [0.5, 0.6) is 0 Å². The minimum absolute atomic E-state index is 0.768. The number of hydrogen-bond acceptors (Lipinski definition) is 5. The van der Waals surface area contributed by atoms with Gasteiger partial charge in [0.15, 0.2) is 5.82 Å². The van der Waals surface area contributed by atoms with Crippen molar-refractivity contribution in [2.45, 2.75) is 0 Å². The molecule has 0 radical (unpaired) electrons. The molecule has 2 rings (SSSR count). The Hall–Kier alpha value is -1.23. The molecule has 5 heteroatoms. The van der Waals surface area contributed by atoms with E-state index >= 15 is 0 Å². The first-order valence-corrected chi connectivity index (χ1v) is 3.92. The Morgan fingerprint density at radius 1 is 1.25 bits per heavy atom. The lowest BCUT2D eigenvalue weighted by Gasteiger charge is -2.26. The summed E-state index contributed by atoms with van der Waals surface area (Å²) in [5, 5.41) is 7.39. The molecule has 2 heterocycles. The van der Waals surface area contributed by atoms with E-state index in [-0.39, 0.29) is 0 Å². The van der Waals surface area contributed by atoms with Crippen molar-refractivity contribution >= 4 is 5.82 Å². The molecule has 0 saturated carbocycles. The molecule has 1 aliphatic heterocycles. The number of ether oxygens (including phenoxy) is 1. The fraction of sp³-hybridized carbons (Fsp3) is 0.571. The summed E-state index contributed by atoms with van der Waals surface area (Å²) < 4.78 is 5.22. The third-order valence-electron chi connectivity index (χ3n) is 1.82. The topological polar surface area (TPSA) is 51.1 Å². The van der Waals surface area contributed by atoms with Gasteiger partial charge in [-0.1, -0.05) is 0 Å². The molecule has 0 aliphatic carbocycles. The second kappa shape index (κ2) is 3.44. The van der Waals surface area contributed by atoms with Gasteiger partial charge in [0, 0.05) is 13.1 Å². The Kier molecular flexibility index (Phi) is 2.13.